The molecule has 2 aromatic carbocycles. The number of nitriles is 1. The van der Waals surface area contributed by atoms with E-state index in [4.69, 9.17) is 16.9 Å². The average Bonchev–Trinajstić information content (AvgIpc) is 2.72. The minimum absolute atomic E-state index is 0.102. The van der Waals surface area contributed by atoms with Crippen LogP contribution in [0.1, 0.15) is 11.1 Å². The molecule has 0 spiro atoms. The Bertz CT molecular complexity index is 1200. The van der Waals surface area contributed by atoms with Gasteiger partial charge in [-0.15, -0.1) is 0 Å². The molecule has 0 saturated heterocycles. The summed E-state index contributed by atoms with van der Waals surface area (Å²) >= 11 is 6.00. The molecule has 0 aliphatic rings. The highest BCUT2D eigenvalue weighted by molar-refractivity contribution is 8.29. The summed E-state index contributed by atoms with van der Waals surface area (Å²) in [7, 11) is 0.00258. The Morgan fingerprint density at radius 1 is 1.22 bits per heavy atom. The minimum Gasteiger partial charge on any atom is -0.309 e. The van der Waals surface area contributed by atoms with Gasteiger partial charge < -0.3 is 15.5 Å². The number of hydrogen-bond donors (Lipinski definition) is 2. The van der Waals surface area contributed by atoms with Crippen LogP contribution >= 0.6 is 20.8 Å². The summed E-state index contributed by atoms with van der Waals surface area (Å²) in [5.74, 6) is 3.28. The van der Waals surface area contributed by atoms with Gasteiger partial charge in [0, 0.05) is 22.8 Å². The van der Waals surface area contributed by atoms with Crippen LogP contribution < -0.4 is 10.6 Å². The molecule has 0 aromatic heterocycles. The van der Waals surface area contributed by atoms with Gasteiger partial charge in [-0.05, 0) is 71.7 Å². The molecule has 1 atom stereocenters. The van der Waals surface area contributed by atoms with E-state index >= 15 is 0 Å². The lowest BCUT2D eigenvalue weighted by Gasteiger charge is -2.20. The zero-order chi connectivity index (χ0) is 24.1. The standard InChI is InChI=1S/C22H22ClF3N4OS/c1-5-32(4,22(24,25)26)20-13-17(7-8-18(20)23)28-21(31)29-19-9-6-15(14-27)12-16(19)10-11-30(2)3/h6-9,12-13H,1,4,10-11H2,2-3H3,(H2,28,29,31). The number of nitrogens with zero attached hydrogens (tertiary/aromatic N) is 2. The second-order valence-electron chi connectivity index (χ2n) is 7.09. The zero-order valence-electron chi connectivity index (χ0n) is 17.5. The van der Waals surface area contributed by atoms with E-state index in [1.807, 2.05) is 24.0 Å². The molecule has 2 amide bonds. The number of benzene rings is 2. The number of anilines is 2. The van der Waals surface area contributed by atoms with Gasteiger partial charge in [0.25, 0.3) is 0 Å². The number of rotatable bonds is 6. The molecule has 2 aromatic rings. The Morgan fingerprint density at radius 2 is 1.91 bits per heavy atom. The maximum atomic E-state index is 13.6. The van der Waals surface area contributed by atoms with Gasteiger partial charge in [0.05, 0.1) is 16.7 Å². The number of nitrogens with one attached hydrogen (secondary N) is 2. The van der Waals surface area contributed by atoms with Gasteiger partial charge in [0.15, 0.2) is 0 Å². The molecule has 0 bridgehead atoms. The first-order valence-electron chi connectivity index (χ1n) is 9.23. The number of carbonyl (C=O) groups is 1. The fourth-order valence-electron chi connectivity index (χ4n) is 2.75. The fourth-order valence-corrected chi connectivity index (χ4v) is 4.56. The molecule has 0 radical (unpaired) electrons. The third-order valence-electron chi connectivity index (χ3n) is 4.52. The lowest BCUT2D eigenvalue weighted by Crippen LogP contribution is -2.21. The van der Waals surface area contributed by atoms with Crippen LogP contribution in [-0.4, -0.2) is 48.0 Å². The minimum atomic E-state index is -4.71. The number of likely N-dealkylation sites (N-methyl/N-ethyl adjacent to an activating group) is 1. The van der Waals surface area contributed by atoms with E-state index in [1.165, 1.54) is 12.1 Å². The second-order valence-corrected chi connectivity index (χ2v) is 10.2. The Labute approximate surface area is 190 Å². The van der Waals surface area contributed by atoms with Crippen molar-refractivity contribution in [1.29, 1.82) is 5.26 Å². The normalized spacial score (nSPS) is 13.1. The summed E-state index contributed by atoms with van der Waals surface area (Å²) in [6.07, 6.45) is 0.581. The smallest absolute Gasteiger partial charge is 0.309 e. The average molecular weight is 483 g/mol. The van der Waals surface area contributed by atoms with Gasteiger partial charge in [-0.25, -0.2) is 4.79 Å². The molecule has 1 unspecified atom stereocenters. The van der Waals surface area contributed by atoms with Crippen molar-refractivity contribution in [2.45, 2.75) is 16.8 Å². The molecule has 2 rings (SSSR count). The number of halogens is 4. The molecule has 0 fully saturated rings. The van der Waals surface area contributed by atoms with Crippen molar-refractivity contribution in [3.63, 3.8) is 0 Å². The zero-order valence-corrected chi connectivity index (χ0v) is 19.1. The van der Waals surface area contributed by atoms with E-state index in [1.54, 1.807) is 18.2 Å². The highest BCUT2D eigenvalue weighted by Gasteiger charge is 2.38. The van der Waals surface area contributed by atoms with Crippen LogP contribution in [0, 0.1) is 11.3 Å². The molecular formula is C22H22ClF3N4OS. The summed E-state index contributed by atoms with van der Waals surface area (Å²) < 4.78 is 40.7. The van der Waals surface area contributed by atoms with Crippen molar-refractivity contribution in [2.75, 3.05) is 31.3 Å². The van der Waals surface area contributed by atoms with Crippen LogP contribution in [0.15, 0.2) is 47.9 Å². The molecule has 0 aliphatic heterocycles. The van der Waals surface area contributed by atoms with E-state index in [9.17, 15) is 18.0 Å². The Hall–Kier alpha value is -2.89. The summed E-state index contributed by atoms with van der Waals surface area (Å²) in [5, 5.41) is 16.2. The SMILES string of the molecule is C=C=S(=C)(c1cc(NC(=O)Nc2ccc(C#N)cc2CCN(C)C)ccc1Cl)C(F)(F)F. The number of amides is 2. The van der Waals surface area contributed by atoms with Gasteiger partial charge >= 0.3 is 11.5 Å². The Kier molecular flexibility index (Phi) is 8.05. The van der Waals surface area contributed by atoms with Crippen LogP contribution in [0.3, 0.4) is 0 Å². The van der Waals surface area contributed by atoms with Crippen LogP contribution in [0.2, 0.25) is 5.02 Å². The number of urea groups is 1. The lowest BCUT2D eigenvalue weighted by molar-refractivity contribution is -0.0340. The summed E-state index contributed by atoms with van der Waals surface area (Å²) in [5.41, 5.74) is -2.91. The fraction of sp³-hybridized carbons (Fsp3) is 0.227. The van der Waals surface area contributed by atoms with Crippen molar-refractivity contribution >= 4 is 49.1 Å². The molecule has 0 aliphatic carbocycles. The summed E-state index contributed by atoms with van der Waals surface area (Å²) in [6, 6.07) is 10.0. The van der Waals surface area contributed by atoms with Crippen molar-refractivity contribution in [1.82, 2.24) is 4.90 Å². The van der Waals surface area contributed by atoms with E-state index in [0.29, 0.717) is 24.2 Å². The maximum Gasteiger partial charge on any atom is 0.442 e. The predicted octanol–water partition coefficient (Wildman–Crippen LogP) is 5.66. The quantitative estimate of drug-likeness (QED) is 0.522. The third-order valence-corrected chi connectivity index (χ3v) is 7.33. The van der Waals surface area contributed by atoms with E-state index < -0.39 is 20.7 Å². The first-order valence-corrected chi connectivity index (χ1v) is 11.4. The van der Waals surface area contributed by atoms with Crippen molar-refractivity contribution in [3.05, 3.63) is 59.1 Å². The lowest BCUT2D eigenvalue weighted by atomic mass is 10.1. The second kappa shape index (κ2) is 10.2. The third kappa shape index (κ3) is 5.87. The first-order chi connectivity index (χ1) is 14.9. The first kappa shape index (κ1) is 25.4. The molecule has 2 N–H and O–H groups in total. The van der Waals surface area contributed by atoms with Gasteiger partial charge in [0.1, 0.15) is 0 Å². The van der Waals surface area contributed by atoms with E-state index in [-0.39, 0.29) is 15.6 Å². The molecule has 32 heavy (non-hydrogen) atoms. The summed E-state index contributed by atoms with van der Waals surface area (Å²) in [6.45, 7) is 3.85. The highest BCUT2D eigenvalue weighted by Crippen LogP contribution is 2.51. The van der Waals surface area contributed by atoms with E-state index in [2.05, 4.69) is 29.2 Å². The highest BCUT2D eigenvalue weighted by atomic mass is 35.5. The number of hydrogen-bond acceptors (Lipinski definition) is 3. The molecule has 10 heteroatoms. The van der Waals surface area contributed by atoms with Crippen LogP contribution in [0.25, 0.3) is 0 Å². The molecule has 5 nitrogen and oxygen atoms in total. The molecule has 0 heterocycles. The van der Waals surface area contributed by atoms with E-state index in [0.717, 1.165) is 11.6 Å². The monoisotopic (exact) mass is 482 g/mol. The van der Waals surface area contributed by atoms with Gasteiger partial charge in [0.2, 0.25) is 0 Å². The van der Waals surface area contributed by atoms with Crippen molar-refractivity contribution in [3.8, 4) is 6.07 Å². The maximum absolute atomic E-state index is 13.6. The van der Waals surface area contributed by atoms with Gasteiger partial charge in [-0.3, -0.25) is 0 Å². The Morgan fingerprint density at radius 3 is 2.47 bits per heavy atom. The van der Waals surface area contributed by atoms with Crippen LogP contribution in [0.5, 0.6) is 0 Å². The van der Waals surface area contributed by atoms with Crippen LogP contribution in [-0.2, 0) is 6.42 Å². The van der Waals surface area contributed by atoms with Crippen molar-refractivity contribution in [2.24, 2.45) is 0 Å². The van der Waals surface area contributed by atoms with Crippen LogP contribution in [0.4, 0.5) is 29.3 Å². The predicted molar refractivity (Wildman–Crippen MR) is 127 cm³/mol. The number of carbonyl (C=O) groups excluding carboxylic acids is 1. The van der Waals surface area contributed by atoms with Gasteiger partial charge in [-0.1, -0.05) is 29.1 Å². The van der Waals surface area contributed by atoms with Crippen molar-refractivity contribution < 1.29 is 18.0 Å². The number of alkyl halides is 3. The molecule has 0 saturated carbocycles. The summed E-state index contributed by atoms with van der Waals surface area (Å²) in [4.78, 5) is 14.2. The molecule has 170 valence electrons. The largest absolute Gasteiger partial charge is 0.442 e. The molecular weight excluding hydrogens is 461 g/mol. The van der Waals surface area contributed by atoms with Gasteiger partial charge in [-0.2, -0.15) is 18.4 Å². The topological polar surface area (TPSA) is 68.2 Å². The Balaban J connectivity index is 2.31.